The number of hydrogen-bond acceptors (Lipinski definition) is 4. The molecule has 1 amide bonds. The largest absolute Gasteiger partial charge is 0.507 e. The zero-order chi connectivity index (χ0) is 16.2. The number of carbonyl (C=O) groups excluding carboxylic acids is 2. The molecule has 116 valence electrons. The van der Waals surface area contributed by atoms with Gasteiger partial charge in [-0.15, -0.1) is 0 Å². The lowest BCUT2D eigenvalue weighted by Crippen LogP contribution is -2.36. The first-order valence-corrected chi connectivity index (χ1v) is 6.71. The molecule has 0 spiro atoms. The zero-order valence-electron chi connectivity index (χ0n) is 12.8. The van der Waals surface area contributed by atoms with Crippen molar-refractivity contribution < 1.29 is 19.1 Å². The van der Waals surface area contributed by atoms with Gasteiger partial charge in [0.15, 0.2) is 5.78 Å². The first-order valence-electron chi connectivity index (χ1n) is 6.71. The molecule has 1 aromatic carbocycles. The monoisotopic (exact) mass is 296 g/mol. The van der Waals surface area contributed by atoms with Crippen LogP contribution in [-0.2, 0) is 11.3 Å². The van der Waals surface area contributed by atoms with Crippen molar-refractivity contribution in [2.75, 3.05) is 27.2 Å². The van der Waals surface area contributed by atoms with Crippen molar-refractivity contribution in [3.63, 3.8) is 0 Å². The fourth-order valence-electron chi connectivity index (χ4n) is 1.90. The van der Waals surface area contributed by atoms with Gasteiger partial charge in [-0.25, -0.2) is 4.39 Å². The summed E-state index contributed by atoms with van der Waals surface area (Å²) in [6.45, 7) is 4.05. The second-order valence-corrected chi connectivity index (χ2v) is 5.11. The molecule has 0 aromatic heterocycles. The molecule has 1 rings (SSSR count). The molecule has 0 bridgehead atoms. The Bertz CT molecular complexity index is 544. The zero-order valence-corrected chi connectivity index (χ0v) is 12.8. The lowest BCUT2D eigenvalue weighted by Gasteiger charge is -2.22. The lowest BCUT2D eigenvalue weighted by atomic mass is 10.0. The van der Waals surface area contributed by atoms with Gasteiger partial charge in [-0.2, -0.15) is 0 Å². The highest BCUT2D eigenvalue weighted by atomic mass is 19.1. The number of aromatic hydroxyl groups is 1. The molecule has 0 heterocycles. The molecule has 6 heteroatoms. The highest BCUT2D eigenvalue weighted by Crippen LogP contribution is 2.26. The summed E-state index contributed by atoms with van der Waals surface area (Å²) in [4.78, 5) is 26.3. The van der Waals surface area contributed by atoms with E-state index in [-0.39, 0.29) is 30.3 Å². The molecule has 5 nitrogen and oxygen atoms in total. The predicted molar refractivity (Wildman–Crippen MR) is 77.7 cm³/mol. The van der Waals surface area contributed by atoms with E-state index < -0.39 is 11.6 Å². The van der Waals surface area contributed by atoms with Crippen LogP contribution in [0.4, 0.5) is 4.39 Å². The Morgan fingerprint density at radius 1 is 1.29 bits per heavy atom. The molecular weight excluding hydrogens is 275 g/mol. The van der Waals surface area contributed by atoms with Crippen LogP contribution in [0.15, 0.2) is 12.1 Å². The van der Waals surface area contributed by atoms with E-state index in [2.05, 4.69) is 0 Å². The van der Waals surface area contributed by atoms with Gasteiger partial charge in [0, 0.05) is 26.2 Å². The third kappa shape index (κ3) is 4.53. The van der Waals surface area contributed by atoms with E-state index in [4.69, 9.17) is 0 Å². The average Bonchev–Trinajstić information content (AvgIpc) is 2.40. The fraction of sp³-hybridized carbons (Fsp3) is 0.467. The summed E-state index contributed by atoms with van der Waals surface area (Å²) >= 11 is 0. The highest BCUT2D eigenvalue weighted by Gasteiger charge is 2.17. The normalized spacial score (nSPS) is 10.8. The SMILES string of the molecule is CCN(CC(=O)N(C)C)Cc1cc(F)cc(C(C)=O)c1O. The second-order valence-electron chi connectivity index (χ2n) is 5.11. The van der Waals surface area contributed by atoms with Crippen molar-refractivity contribution in [3.8, 4) is 5.75 Å². The number of likely N-dealkylation sites (N-methyl/N-ethyl adjacent to an activating group) is 2. The predicted octanol–water partition coefficient (Wildman–Crippen LogP) is 1.64. The summed E-state index contributed by atoms with van der Waals surface area (Å²) in [6.07, 6.45) is 0. The van der Waals surface area contributed by atoms with E-state index in [1.165, 1.54) is 17.9 Å². The Labute approximate surface area is 124 Å². The Morgan fingerprint density at radius 2 is 1.90 bits per heavy atom. The second kappa shape index (κ2) is 7.17. The van der Waals surface area contributed by atoms with Crippen molar-refractivity contribution in [2.45, 2.75) is 20.4 Å². The van der Waals surface area contributed by atoms with Crippen LogP contribution in [-0.4, -0.2) is 53.8 Å². The number of hydrogen-bond donors (Lipinski definition) is 1. The van der Waals surface area contributed by atoms with Crippen molar-refractivity contribution in [1.29, 1.82) is 0 Å². The topological polar surface area (TPSA) is 60.9 Å². The first kappa shape index (κ1) is 17.1. The lowest BCUT2D eigenvalue weighted by molar-refractivity contribution is -0.130. The van der Waals surface area contributed by atoms with Crippen molar-refractivity contribution in [2.24, 2.45) is 0 Å². The number of phenols is 1. The van der Waals surface area contributed by atoms with Crippen LogP contribution in [0.1, 0.15) is 29.8 Å². The summed E-state index contributed by atoms with van der Waals surface area (Å²) in [6, 6.07) is 2.20. The van der Waals surface area contributed by atoms with Gasteiger partial charge in [-0.1, -0.05) is 6.92 Å². The molecular formula is C15H21FN2O3. The molecule has 0 radical (unpaired) electrons. The van der Waals surface area contributed by atoms with Gasteiger partial charge in [0.05, 0.1) is 12.1 Å². The van der Waals surface area contributed by atoms with Crippen LogP contribution in [0.3, 0.4) is 0 Å². The third-order valence-electron chi connectivity index (χ3n) is 3.23. The van der Waals surface area contributed by atoms with Crippen molar-refractivity contribution in [3.05, 3.63) is 29.1 Å². The quantitative estimate of drug-likeness (QED) is 0.811. The van der Waals surface area contributed by atoms with Gasteiger partial charge in [0.2, 0.25) is 5.91 Å². The number of nitrogens with zero attached hydrogens (tertiary/aromatic N) is 2. The minimum Gasteiger partial charge on any atom is -0.507 e. The maximum atomic E-state index is 13.6. The van der Waals surface area contributed by atoms with Crippen LogP contribution in [0, 0.1) is 5.82 Å². The minimum absolute atomic E-state index is 0.0417. The van der Waals surface area contributed by atoms with Crippen LogP contribution in [0.25, 0.3) is 0 Å². The van der Waals surface area contributed by atoms with E-state index in [0.29, 0.717) is 12.1 Å². The van der Waals surface area contributed by atoms with Crippen LogP contribution < -0.4 is 0 Å². The number of benzene rings is 1. The van der Waals surface area contributed by atoms with Gasteiger partial charge in [-0.05, 0) is 25.6 Å². The van der Waals surface area contributed by atoms with E-state index in [0.717, 1.165) is 6.07 Å². The number of halogens is 1. The molecule has 1 aromatic rings. The maximum absolute atomic E-state index is 13.6. The molecule has 0 fully saturated rings. The molecule has 0 saturated carbocycles. The third-order valence-corrected chi connectivity index (χ3v) is 3.23. The molecule has 0 aliphatic rings. The molecule has 1 N–H and O–H groups in total. The van der Waals surface area contributed by atoms with E-state index in [1.54, 1.807) is 19.0 Å². The summed E-state index contributed by atoms with van der Waals surface area (Å²) < 4.78 is 13.6. The number of amides is 1. The van der Waals surface area contributed by atoms with E-state index in [1.807, 2.05) is 6.92 Å². The molecule has 0 saturated heterocycles. The molecule has 0 aliphatic heterocycles. The molecule has 21 heavy (non-hydrogen) atoms. The van der Waals surface area contributed by atoms with Crippen molar-refractivity contribution >= 4 is 11.7 Å². The summed E-state index contributed by atoms with van der Waals surface area (Å²) in [5.41, 5.74) is 0.258. The summed E-state index contributed by atoms with van der Waals surface area (Å²) in [5, 5.41) is 10.1. The van der Waals surface area contributed by atoms with Gasteiger partial charge in [0.1, 0.15) is 11.6 Å². The Morgan fingerprint density at radius 3 is 2.38 bits per heavy atom. The number of rotatable bonds is 6. The summed E-state index contributed by atoms with van der Waals surface area (Å²) in [5.74, 6) is -1.29. The number of phenolic OH excluding ortho intramolecular Hbond substituents is 1. The van der Waals surface area contributed by atoms with Crippen LogP contribution in [0.2, 0.25) is 0 Å². The fourth-order valence-corrected chi connectivity index (χ4v) is 1.90. The summed E-state index contributed by atoms with van der Waals surface area (Å²) in [7, 11) is 3.31. The highest BCUT2D eigenvalue weighted by molar-refractivity contribution is 5.97. The average molecular weight is 296 g/mol. The van der Waals surface area contributed by atoms with Crippen LogP contribution >= 0.6 is 0 Å². The van der Waals surface area contributed by atoms with Crippen molar-refractivity contribution in [1.82, 2.24) is 9.80 Å². The maximum Gasteiger partial charge on any atom is 0.236 e. The minimum atomic E-state index is -0.581. The Balaban J connectivity index is 3.00. The standard InChI is InChI=1S/C15H21FN2O3/c1-5-18(9-14(20)17(3)4)8-11-6-12(16)7-13(10(2)19)15(11)21/h6-7,21H,5,8-9H2,1-4H3. The number of Topliss-reactive ketones (excluding diaryl/α,β-unsaturated/α-hetero) is 1. The number of ketones is 1. The molecule has 0 unspecified atom stereocenters. The molecule has 0 atom stereocenters. The Hall–Kier alpha value is -1.95. The smallest absolute Gasteiger partial charge is 0.236 e. The van der Waals surface area contributed by atoms with E-state index >= 15 is 0 Å². The van der Waals surface area contributed by atoms with Crippen LogP contribution in [0.5, 0.6) is 5.75 Å². The van der Waals surface area contributed by atoms with Gasteiger partial charge >= 0.3 is 0 Å². The molecule has 0 aliphatic carbocycles. The van der Waals surface area contributed by atoms with E-state index in [9.17, 15) is 19.1 Å². The number of carbonyl (C=O) groups is 2. The van der Waals surface area contributed by atoms with Gasteiger partial charge in [-0.3, -0.25) is 14.5 Å². The first-order chi connectivity index (χ1) is 9.76. The van der Waals surface area contributed by atoms with Gasteiger partial charge < -0.3 is 10.0 Å². The Kier molecular flexibility index (Phi) is 5.84. The van der Waals surface area contributed by atoms with Gasteiger partial charge in [0.25, 0.3) is 0 Å².